The molecule has 4 rings (SSSR count). The molecule has 27 heavy (non-hydrogen) atoms. The number of hydrogen-bond acceptors (Lipinski definition) is 5. The molecule has 0 amide bonds. The first-order valence-electron chi connectivity index (χ1n) is 8.58. The molecule has 0 saturated carbocycles. The summed E-state index contributed by atoms with van der Waals surface area (Å²) in [6.45, 7) is 1.70. The van der Waals surface area contributed by atoms with Gasteiger partial charge in [0.15, 0.2) is 0 Å². The zero-order valence-electron chi connectivity index (χ0n) is 14.7. The average molecular weight is 367 g/mol. The topological polar surface area (TPSA) is 76.2 Å². The van der Waals surface area contributed by atoms with Crippen LogP contribution in [-0.2, 0) is 4.74 Å². The smallest absolute Gasteiger partial charge is 0.341 e. The molecule has 0 aliphatic carbocycles. The van der Waals surface area contributed by atoms with Crippen LogP contribution in [0, 0.1) is 5.82 Å². The fourth-order valence-electron chi connectivity index (χ4n) is 3.10. The number of H-pyrrole nitrogens is 1. The second-order valence-electron chi connectivity index (χ2n) is 6.19. The normalized spacial score (nSPS) is 14.1. The molecule has 3 aromatic rings. The Balaban J connectivity index is 1.74. The highest BCUT2D eigenvalue weighted by atomic mass is 19.1. The summed E-state index contributed by atoms with van der Waals surface area (Å²) in [5, 5.41) is 3.59. The zero-order valence-corrected chi connectivity index (χ0v) is 14.7. The molecule has 0 bridgehead atoms. The van der Waals surface area contributed by atoms with Gasteiger partial charge in [0.05, 0.1) is 18.7 Å². The molecular formula is C20H18FN3O3. The van der Waals surface area contributed by atoms with Gasteiger partial charge in [-0.3, -0.25) is 0 Å². The quantitative estimate of drug-likeness (QED) is 0.689. The number of aromatic amines is 1. The fourth-order valence-corrected chi connectivity index (χ4v) is 3.10. The first-order chi connectivity index (χ1) is 13.2. The minimum atomic E-state index is -0.502. The van der Waals surface area contributed by atoms with Gasteiger partial charge in [-0.2, -0.15) is 0 Å². The van der Waals surface area contributed by atoms with Gasteiger partial charge in [-0.15, -0.1) is 0 Å². The number of benzene rings is 1. The van der Waals surface area contributed by atoms with Crippen LogP contribution in [0.2, 0.25) is 0 Å². The second kappa shape index (κ2) is 7.20. The Morgan fingerprint density at radius 3 is 2.96 bits per heavy atom. The van der Waals surface area contributed by atoms with E-state index in [-0.39, 0.29) is 0 Å². The largest absolute Gasteiger partial charge is 0.465 e. The van der Waals surface area contributed by atoms with Gasteiger partial charge in [0.2, 0.25) is 0 Å². The monoisotopic (exact) mass is 367 g/mol. The molecule has 2 N–H and O–H groups in total. The van der Waals surface area contributed by atoms with E-state index in [1.807, 2.05) is 6.07 Å². The Hall–Kier alpha value is -3.19. The van der Waals surface area contributed by atoms with E-state index in [0.717, 1.165) is 25.1 Å². The molecule has 0 unspecified atom stereocenters. The summed E-state index contributed by atoms with van der Waals surface area (Å²) in [7, 11) is 1.32. The standard InChI is InChI=1S/C20H18FN3O3/c1-26-20(25)15-3-2-13(12-4-6-22-7-5-12)8-18(15)27-14-9-16-17(21)11-24-19(16)23-10-14/h2-4,8-11,22H,5-7H2,1H3,(H,23,24). The number of methoxy groups -OCH3 is 1. The maximum Gasteiger partial charge on any atom is 0.341 e. The highest BCUT2D eigenvalue weighted by Gasteiger charge is 2.17. The van der Waals surface area contributed by atoms with Crippen molar-refractivity contribution in [3.8, 4) is 11.5 Å². The summed E-state index contributed by atoms with van der Waals surface area (Å²) in [6.07, 6.45) is 5.73. The molecule has 0 fully saturated rings. The maximum atomic E-state index is 13.8. The van der Waals surface area contributed by atoms with Crippen LogP contribution in [0.3, 0.4) is 0 Å². The molecule has 0 atom stereocenters. The van der Waals surface area contributed by atoms with Crippen molar-refractivity contribution in [1.29, 1.82) is 0 Å². The number of carbonyl (C=O) groups is 1. The Kier molecular flexibility index (Phi) is 4.60. The van der Waals surface area contributed by atoms with Gasteiger partial charge < -0.3 is 19.8 Å². The van der Waals surface area contributed by atoms with E-state index in [9.17, 15) is 9.18 Å². The number of pyridine rings is 1. The summed E-state index contributed by atoms with van der Waals surface area (Å²) >= 11 is 0. The number of hydrogen-bond donors (Lipinski definition) is 2. The Labute approximate surface area is 155 Å². The number of nitrogens with one attached hydrogen (secondary N) is 2. The third-order valence-electron chi connectivity index (χ3n) is 4.50. The minimum Gasteiger partial charge on any atom is -0.465 e. The van der Waals surface area contributed by atoms with Crippen LogP contribution in [0.25, 0.3) is 16.6 Å². The lowest BCUT2D eigenvalue weighted by Crippen LogP contribution is -2.20. The first kappa shape index (κ1) is 17.2. The Morgan fingerprint density at radius 1 is 1.30 bits per heavy atom. The Morgan fingerprint density at radius 2 is 2.19 bits per heavy atom. The van der Waals surface area contributed by atoms with Crippen molar-refractivity contribution in [2.75, 3.05) is 20.2 Å². The van der Waals surface area contributed by atoms with E-state index in [2.05, 4.69) is 21.4 Å². The average Bonchev–Trinajstić information content (AvgIpc) is 3.08. The van der Waals surface area contributed by atoms with Crippen molar-refractivity contribution in [3.63, 3.8) is 0 Å². The molecule has 2 aromatic heterocycles. The summed E-state index contributed by atoms with van der Waals surface area (Å²) in [5.74, 6) is -0.235. The highest BCUT2D eigenvalue weighted by molar-refractivity contribution is 5.93. The van der Waals surface area contributed by atoms with Crippen molar-refractivity contribution in [2.45, 2.75) is 6.42 Å². The van der Waals surface area contributed by atoms with Gasteiger partial charge in [-0.05, 0) is 42.3 Å². The van der Waals surface area contributed by atoms with Crippen molar-refractivity contribution < 1.29 is 18.7 Å². The zero-order chi connectivity index (χ0) is 18.8. The van der Waals surface area contributed by atoms with Gasteiger partial charge in [0.1, 0.15) is 28.5 Å². The van der Waals surface area contributed by atoms with Crippen LogP contribution in [-0.4, -0.2) is 36.1 Å². The number of nitrogens with zero attached hydrogens (tertiary/aromatic N) is 1. The summed E-state index contributed by atoms with van der Waals surface area (Å²) in [6, 6.07) is 6.92. The summed E-state index contributed by atoms with van der Waals surface area (Å²) in [5.41, 5.74) is 2.88. The van der Waals surface area contributed by atoms with Gasteiger partial charge in [0.25, 0.3) is 0 Å². The molecule has 0 radical (unpaired) electrons. The molecule has 1 aromatic carbocycles. The van der Waals surface area contributed by atoms with E-state index in [4.69, 9.17) is 9.47 Å². The van der Waals surface area contributed by atoms with Crippen LogP contribution in [0.4, 0.5) is 4.39 Å². The van der Waals surface area contributed by atoms with Gasteiger partial charge in [-0.25, -0.2) is 14.2 Å². The lowest BCUT2D eigenvalue weighted by Gasteiger charge is -2.16. The van der Waals surface area contributed by atoms with Crippen molar-refractivity contribution >= 4 is 22.6 Å². The van der Waals surface area contributed by atoms with Gasteiger partial charge in [0, 0.05) is 12.7 Å². The summed E-state index contributed by atoms with van der Waals surface area (Å²) < 4.78 is 24.6. The number of halogens is 1. The van der Waals surface area contributed by atoms with Crippen molar-refractivity contribution in [3.05, 3.63) is 59.7 Å². The number of aromatic nitrogens is 2. The number of rotatable bonds is 4. The number of esters is 1. The highest BCUT2D eigenvalue weighted by Crippen LogP contribution is 2.32. The lowest BCUT2D eigenvalue weighted by molar-refractivity contribution is 0.0598. The van der Waals surface area contributed by atoms with Crippen LogP contribution in [0.5, 0.6) is 11.5 Å². The predicted octanol–water partition coefficient (Wildman–Crippen LogP) is 3.66. The lowest BCUT2D eigenvalue weighted by atomic mass is 9.98. The Bertz CT molecular complexity index is 1040. The third kappa shape index (κ3) is 3.41. The van der Waals surface area contributed by atoms with E-state index in [0.29, 0.717) is 28.1 Å². The third-order valence-corrected chi connectivity index (χ3v) is 4.50. The molecule has 0 spiro atoms. The van der Waals surface area contributed by atoms with E-state index in [1.54, 1.807) is 18.2 Å². The fraction of sp³-hybridized carbons (Fsp3) is 0.200. The van der Waals surface area contributed by atoms with E-state index in [1.165, 1.54) is 25.1 Å². The van der Waals surface area contributed by atoms with Crippen molar-refractivity contribution in [1.82, 2.24) is 15.3 Å². The first-order valence-corrected chi connectivity index (χ1v) is 8.58. The molecule has 3 heterocycles. The second-order valence-corrected chi connectivity index (χ2v) is 6.19. The number of ether oxygens (including phenoxy) is 2. The molecular weight excluding hydrogens is 349 g/mol. The van der Waals surface area contributed by atoms with Gasteiger partial charge >= 0.3 is 5.97 Å². The molecule has 6 nitrogen and oxygen atoms in total. The SMILES string of the molecule is COC(=O)c1ccc(C2=CCNCC2)cc1Oc1cnc2[nH]cc(F)c2c1. The van der Waals surface area contributed by atoms with E-state index >= 15 is 0 Å². The minimum absolute atomic E-state index is 0.297. The molecule has 1 aliphatic rings. The van der Waals surface area contributed by atoms with Crippen LogP contribution < -0.4 is 10.1 Å². The maximum absolute atomic E-state index is 13.8. The molecule has 0 saturated heterocycles. The van der Waals surface area contributed by atoms with E-state index < -0.39 is 11.8 Å². The molecule has 7 heteroatoms. The molecule has 1 aliphatic heterocycles. The van der Waals surface area contributed by atoms with Crippen molar-refractivity contribution in [2.24, 2.45) is 0 Å². The number of carbonyl (C=O) groups excluding carboxylic acids is 1. The number of fused-ring (bicyclic) bond motifs is 1. The van der Waals surface area contributed by atoms with Crippen LogP contribution >= 0.6 is 0 Å². The summed E-state index contributed by atoms with van der Waals surface area (Å²) in [4.78, 5) is 19.0. The van der Waals surface area contributed by atoms with Crippen LogP contribution in [0.15, 0.2) is 42.7 Å². The van der Waals surface area contributed by atoms with Gasteiger partial charge in [-0.1, -0.05) is 12.1 Å². The predicted molar refractivity (Wildman–Crippen MR) is 99.4 cm³/mol. The van der Waals surface area contributed by atoms with Crippen LogP contribution in [0.1, 0.15) is 22.3 Å². The molecule has 138 valence electrons.